The van der Waals surface area contributed by atoms with Crippen LogP contribution in [-0.4, -0.2) is 32.1 Å². The van der Waals surface area contributed by atoms with Crippen LogP contribution >= 0.6 is 0 Å². The lowest BCUT2D eigenvalue weighted by Crippen LogP contribution is -2.30. The van der Waals surface area contributed by atoms with Crippen LogP contribution < -0.4 is 15.0 Å². The van der Waals surface area contributed by atoms with Gasteiger partial charge < -0.3 is 15.0 Å². The van der Waals surface area contributed by atoms with Gasteiger partial charge in [-0.25, -0.2) is 0 Å². The molecule has 0 unspecified atom stereocenters. The number of nitrogens with zero attached hydrogens (tertiary/aromatic N) is 1. The first-order chi connectivity index (χ1) is 12.6. The van der Waals surface area contributed by atoms with E-state index in [-0.39, 0.29) is 5.91 Å². The Balaban J connectivity index is 1.46. The zero-order valence-corrected chi connectivity index (χ0v) is 15.8. The number of amides is 1. The third-order valence-corrected chi connectivity index (χ3v) is 5.05. The molecule has 2 aromatic rings. The van der Waals surface area contributed by atoms with Crippen molar-refractivity contribution in [3.05, 3.63) is 59.2 Å². The van der Waals surface area contributed by atoms with Crippen molar-refractivity contribution in [1.29, 1.82) is 0 Å². The van der Waals surface area contributed by atoms with Gasteiger partial charge in [0.25, 0.3) is 5.91 Å². The van der Waals surface area contributed by atoms with Crippen LogP contribution in [-0.2, 0) is 0 Å². The fourth-order valence-electron chi connectivity index (χ4n) is 3.28. The maximum Gasteiger partial charge on any atom is 0.251 e. The van der Waals surface area contributed by atoms with E-state index in [1.165, 1.54) is 30.5 Å². The molecule has 138 valence electrons. The Hall–Kier alpha value is -2.49. The zero-order valence-electron chi connectivity index (χ0n) is 15.8. The van der Waals surface area contributed by atoms with Gasteiger partial charge in [-0.15, -0.1) is 0 Å². The van der Waals surface area contributed by atoms with E-state index in [0.717, 1.165) is 24.4 Å². The smallest absolute Gasteiger partial charge is 0.251 e. The lowest BCUT2D eigenvalue weighted by molar-refractivity contribution is 0.0947. The largest absolute Gasteiger partial charge is 0.491 e. The Labute approximate surface area is 156 Å². The molecule has 0 spiro atoms. The molecule has 0 saturated carbocycles. The number of hydrogen-bond acceptors (Lipinski definition) is 3. The number of hydrogen-bond donors (Lipinski definition) is 1. The molecule has 3 rings (SSSR count). The van der Waals surface area contributed by atoms with Crippen LogP contribution in [0.15, 0.2) is 42.5 Å². The summed E-state index contributed by atoms with van der Waals surface area (Å²) in [5.41, 5.74) is 4.25. The summed E-state index contributed by atoms with van der Waals surface area (Å²) in [5, 5.41) is 2.92. The highest BCUT2D eigenvalue weighted by molar-refractivity contribution is 5.94. The van der Waals surface area contributed by atoms with Gasteiger partial charge in [-0.2, -0.15) is 0 Å². The van der Waals surface area contributed by atoms with Crippen LogP contribution in [0.3, 0.4) is 0 Å². The number of benzene rings is 2. The summed E-state index contributed by atoms with van der Waals surface area (Å²) in [4.78, 5) is 14.7. The number of nitrogens with one attached hydrogen (secondary N) is 1. The molecule has 0 bridgehead atoms. The van der Waals surface area contributed by atoms with Crippen LogP contribution in [0.5, 0.6) is 5.75 Å². The second kappa shape index (κ2) is 8.75. The quantitative estimate of drug-likeness (QED) is 0.796. The summed E-state index contributed by atoms with van der Waals surface area (Å²) in [6, 6.07) is 13.9. The summed E-state index contributed by atoms with van der Waals surface area (Å²) in [6.07, 6.45) is 3.83. The molecule has 4 heteroatoms. The first-order valence-electron chi connectivity index (χ1n) is 9.47. The van der Waals surface area contributed by atoms with E-state index in [0.29, 0.717) is 18.7 Å². The van der Waals surface area contributed by atoms with Crippen molar-refractivity contribution in [1.82, 2.24) is 5.32 Å². The highest BCUT2D eigenvalue weighted by Crippen LogP contribution is 2.21. The highest BCUT2D eigenvalue weighted by atomic mass is 16.5. The number of carbonyl (C=O) groups excluding carboxylic acids is 1. The van der Waals surface area contributed by atoms with E-state index < -0.39 is 0 Å². The number of piperidine rings is 1. The van der Waals surface area contributed by atoms with Gasteiger partial charge >= 0.3 is 0 Å². The standard InChI is InChI=1S/C22H28N2O2/c1-17-7-6-8-21(18(17)2)26-16-13-23-22(25)19-9-11-20(12-10-19)24-14-4-3-5-15-24/h6-12H,3-5,13-16H2,1-2H3,(H,23,25). The van der Waals surface area contributed by atoms with Crippen LogP contribution in [0.2, 0.25) is 0 Å². The van der Waals surface area contributed by atoms with Gasteiger partial charge in [0, 0.05) is 24.3 Å². The number of ether oxygens (including phenoxy) is 1. The minimum absolute atomic E-state index is 0.0558. The molecule has 1 aliphatic heterocycles. The van der Waals surface area contributed by atoms with E-state index in [1.807, 2.05) is 43.3 Å². The van der Waals surface area contributed by atoms with Crippen LogP contribution in [0.1, 0.15) is 40.7 Å². The molecule has 1 amide bonds. The molecule has 0 aliphatic carbocycles. The molecule has 26 heavy (non-hydrogen) atoms. The van der Waals surface area contributed by atoms with Gasteiger partial charge in [-0.3, -0.25) is 4.79 Å². The van der Waals surface area contributed by atoms with Gasteiger partial charge in [-0.05, 0) is 74.6 Å². The number of aryl methyl sites for hydroxylation is 1. The van der Waals surface area contributed by atoms with Crippen molar-refractivity contribution in [2.75, 3.05) is 31.1 Å². The molecule has 2 aromatic carbocycles. The van der Waals surface area contributed by atoms with Gasteiger partial charge in [0.2, 0.25) is 0 Å². The second-order valence-electron chi connectivity index (χ2n) is 6.90. The average Bonchev–Trinajstić information content (AvgIpc) is 2.69. The summed E-state index contributed by atoms with van der Waals surface area (Å²) >= 11 is 0. The number of carbonyl (C=O) groups is 1. The maximum absolute atomic E-state index is 12.3. The second-order valence-corrected chi connectivity index (χ2v) is 6.90. The fraction of sp³-hybridized carbons (Fsp3) is 0.409. The lowest BCUT2D eigenvalue weighted by Gasteiger charge is -2.28. The van der Waals surface area contributed by atoms with E-state index in [4.69, 9.17) is 4.74 Å². The van der Waals surface area contributed by atoms with Crippen molar-refractivity contribution in [2.45, 2.75) is 33.1 Å². The van der Waals surface area contributed by atoms with E-state index in [2.05, 4.69) is 23.2 Å². The first-order valence-corrected chi connectivity index (χ1v) is 9.47. The Morgan fingerprint density at radius 1 is 1.04 bits per heavy atom. The molecule has 1 heterocycles. The highest BCUT2D eigenvalue weighted by Gasteiger charge is 2.12. The lowest BCUT2D eigenvalue weighted by atomic mass is 10.1. The van der Waals surface area contributed by atoms with Crippen molar-refractivity contribution in [2.24, 2.45) is 0 Å². The Kier molecular flexibility index (Phi) is 6.16. The minimum atomic E-state index is -0.0558. The maximum atomic E-state index is 12.3. The Morgan fingerprint density at radius 3 is 2.50 bits per heavy atom. The summed E-state index contributed by atoms with van der Waals surface area (Å²) in [5.74, 6) is 0.824. The monoisotopic (exact) mass is 352 g/mol. The summed E-state index contributed by atoms with van der Waals surface area (Å²) < 4.78 is 5.78. The molecule has 0 aromatic heterocycles. The molecule has 1 saturated heterocycles. The molecular formula is C22H28N2O2. The summed E-state index contributed by atoms with van der Waals surface area (Å²) in [6.45, 7) is 7.29. The third kappa shape index (κ3) is 4.57. The molecule has 0 atom stereocenters. The van der Waals surface area contributed by atoms with Gasteiger partial charge in [-0.1, -0.05) is 12.1 Å². The van der Waals surface area contributed by atoms with E-state index in [9.17, 15) is 4.79 Å². The normalized spacial score (nSPS) is 14.2. The topological polar surface area (TPSA) is 41.6 Å². The van der Waals surface area contributed by atoms with E-state index in [1.54, 1.807) is 0 Å². The van der Waals surface area contributed by atoms with Crippen molar-refractivity contribution in [3.63, 3.8) is 0 Å². The van der Waals surface area contributed by atoms with Crippen molar-refractivity contribution < 1.29 is 9.53 Å². The number of rotatable bonds is 6. The minimum Gasteiger partial charge on any atom is -0.491 e. The van der Waals surface area contributed by atoms with Gasteiger partial charge in [0.05, 0.1) is 6.54 Å². The van der Waals surface area contributed by atoms with E-state index >= 15 is 0 Å². The van der Waals surface area contributed by atoms with Crippen LogP contribution in [0.25, 0.3) is 0 Å². The Morgan fingerprint density at radius 2 is 1.77 bits per heavy atom. The summed E-state index contributed by atoms with van der Waals surface area (Å²) in [7, 11) is 0. The molecule has 0 radical (unpaired) electrons. The number of anilines is 1. The molecule has 1 fully saturated rings. The molecule has 4 nitrogen and oxygen atoms in total. The van der Waals surface area contributed by atoms with Crippen molar-refractivity contribution >= 4 is 11.6 Å². The van der Waals surface area contributed by atoms with Crippen molar-refractivity contribution in [3.8, 4) is 5.75 Å². The Bertz CT molecular complexity index is 734. The molecule has 1 N–H and O–H groups in total. The average molecular weight is 352 g/mol. The third-order valence-electron chi connectivity index (χ3n) is 5.05. The molecule has 1 aliphatic rings. The van der Waals surface area contributed by atoms with Gasteiger partial charge in [0.15, 0.2) is 0 Å². The van der Waals surface area contributed by atoms with Crippen LogP contribution in [0.4, 0.5) is 5.69 Å². The predicted octanol–water partition coefficient (Wildman–Crippen LogP) is 4.10. The first kappa shape index (κ1) is 18.3. The molecular weight excluding hydrogens is 324 g/mol. The van der Waals surface area contributed by atoms with Crippen LogP contribution in [0, 0.1) is 13.8 Å². The zero-order chi connectivity index (χ0) is 18.4. The SMILES string of the molecule is Cc1cccc(OCCNC(=O)c2ccc(N3CCCCC3)cc2)c1C. The predicted molar refractivity (Wildman–Crippen MR) is 106 cm³/mol. The van der Waals surface area contributed by atoms with Gasteiger partial charge in [0.1, 0.15) is 12.4 Å². The fourth-order valence-corrected chi connectivity index (χ4v) is 3.28.